The molecule has 0 radical (unpaired) electrons. The monoisotopic (exact) mass is 498 g/mol. The van der Waals surface area contributed by atoms with Crippen molar-refractivity contribution in [3.63, 3.8) is 0 Å². The minimum Gasteiger partial charge on any atom is -0.362 e. The molecule has 34 heavy (non-hydrogen) atoms. The molecule has 3 aromatic rings. The molecule has 0 aliphatic carbocycles. The molecule has 1 aliphatic rings. The molecule has 8 nitrogen and oxygen atoms in total. The smallest absolute Gasteiger partial charge is 0.362 e. The lowest BCUT2D eigenvalue weighted by Gasteiger charge is -2.32. The molecule has 14 heteroatoms. The third-order valence-corrected chi connectivity index (χ3v) is 6.25. The van der Waals surface area contributed by atoms with Crippen molar-refractivity contribution in [3.05, 3.63) is 40.8 Å². The van der Waals surface area contributed by atoms with Crippen LogP contribution in [-0.2, 0) is 6.18 Å². The number of rotatable bonds is 7. The van der Waals surface area contributed by atoms with Gasteiger partial charge in [-0.3, -0.25) is 0 Å². The summed E-state index contributed by atoms with van der Waals surface area (Å²) < 4.78 is 64.2. The predicted molar refractivity (Wildman–Crippen MR) is 117 cm³/mol. The topological polar surface area (TPSA) is 104 Å². The highest BCUT2D eigenvalue weighted by atomic mass is 32.1. The predicted octanol–water partition coefficient (Wildman–Crippen LogP) is 4.47. The first-order chi connectivity index (χ1) is 16.2. The van der Waals surface area contributed by atoms with Crippen LogP contribution in [0.3, 0.4) is 0 Å². The van der Waals surface area contributed by atoms with E-state index in [1.807, 2.05) is 4.90 Å². The number of aromatic nitrogens is 5. The van der Waals surface area contributed by atoms with Gasteiger partial charge in [-0.15, -0.1) is 10.2 Å². The number of piperidine rings is 1. The van der Waals surface area contributed by atoms with Crippen molar-refractivity contribution in [2.75, 3.05) is 29.9 Å². The zero-order valence-corrected chi connectivity index (χ0v) is 18.4. The molecule has 1 saturated heterocycles. The number of pyridine rings is 1. The second-order valence-electron chi connectivity index (χ2n) is 7.51. The highest BCUT2D eigenvalue weighted by Crippen LogP contribution is 2.35. The Hall–Kier alpha value is -3.29. The molecule has 0 spiro atoms. The van der Waals surface area contributed by atoms with E-state index >= 15 is 0 Å². The molecule has 3 aromatic heterocycles. The molecule has 4 rings (SSSR count). The Labute approximate surface area is 194 Å². The van der Waals surface area contributed by atoms with Gasteiger partial charge < -0.3 is 15.6 Å². The van der Waals surface area contributed by atoms with Crippen LogP contribution >= 0.6 is 11.3 Å². The largest absolute Gasteiger partial charge is 0.433 e. The van der Waals surface area contributed by atoms with E-state index < -0.39 is 24.8 Å². The maximum Gasteiger partial charge on any atom is 0.433 e. The first kappa shape index (κ1) is 23.9. The molecule has 1 atom stereocenters. The van der Waals surface area contributed by atoms with E-state index in [0.717, 1.165) is 25.1 Å². The number of hydrogen-bond acceptors (Lipinski definition) is 9. The molecule has 0 amide bonds. The lowest BCUT2D eigenvalue weighted by atomic mass is 9.99. The summed E-state index contributed by atoms with van der Waals surface area (Å²) in [5, 5.41) is 19.1. The molecular weight excluding hydrogens is 479 g/mol. The van der Waals surface area contributed by atoms with Gasteiger partial charge >= 0.3 is 6.18 Å². The van der Waals surface area contributed by atoms with Gasteiger partial charge in [0.25, 0.3) is 6.43 Å². The van der Waals surface area contributed by atoms with Crippen LogP contribution < -0.4 is 10.2 Å². The Morgan fingerprint density at radius 1 is 1.24 bits per heavy atom. The van der Waals surface area contributed by atoms with E-state index in [0.29, 0.717) is 28.9 Å². The minimum absolute atomic E-state index is 0.0486. The molecule has 0 bridgehead atoms. The van der Waals surface area contributed by atoms with E-state index in [4.69, 9.17) is 5.41 Å². The molecular formula is C20H19F5N8S. The molecule has 180 valence electrons. The number of nitrogens with zero attached hydrogens (tertiary/aromatic N) is 6. The van der Waals surface area contributed by atoms with Crippen molar-refractivity contribution in [2.24, 2.45) is 0 Å². The fourth-order valence-electron chi connectivity index (χ4n) is 3.55. The maximum atomic E-state index is 13.0. The van der Waals surface area contributed by atoms with Crippen molar-refractivity contribution in [1.29, 1.82) is 5.41 Å². The standard InChI is InChI=1S/C20H19F5N8S/c21-15(22)8-28-17-13(7-26)27-9-16(30-17)33-6-2-3-11(10-33)18-31-32-19(34-18)12-4-1-5-14(29-12)20(23,24)25/h1,4-5,7,9,11,15,26H,2-3,6,8,10H2,(H,28,30). The first-order valence-electron chi connectivity index (χ1n) is 10.3. The van der Waals surface area contributed by atoms with Gasteiger partial charge in [-0.25, -0.2) is 23.7 Å². The molecule has 1 unspecified atom stereocenters. The summed E-state index contributed by atoms with van der Waals surface area (Å²) in [6.45, 7) is 0.542. The number of nitrogens with one attached hydrogen (secondary N) is 2. The van der Waals surface area contributed by atoms with E-state index in [9.17, 15) is 22.0 Å². The molecule has 1 fully saturated rings. The average Bonchev–Trinajstić information content (AvgIpc) is 3.33. The summed E-state index contributed by atoms with van der Waals surface area (Å²) in [5.74, 6) is 0.521. The lowest BCUT2D eigenvalue weighted by molar-refractivity contribution is -0.141. The van der Waals surface area contributed by atoms with Crippen LogP contribution in [-0.4, -0.2) is 57.4 Å². The van der Waals surface area contributed by atoms with E-state index in [1.165, 1.54) is 29.7 Å². The van der Waals surface area contributed by atoms with Crippen molar-refractivity contribution in [3.8, 4) is 10.7 Å². The van der Waals surface area contributed by atoms with Crippen molar-refractivity contribution in [2.45, 2.75) is 31.4 Å². The van der Waals surface area contributed by atoms with Gasteiger partial charge in [-0.05, 0) is 25.0 Å². The second-order valence-corrected chi connectivity index (χ2v) is 8.52. The van der Waals surface area contributed by atoms with E-state index in [2.05, 4.69) is 30.5 Å². The van der Waals surface area contributed by atoms with Crippen LogP contribution in [0, 0.1) is 5.41 Å². The summed E-state index contributed by atoms with van der Waals surface area (Å²) in [4.78, 5) is 14.1. The minimum atomic E-state index is -4.55. The SMILES string of the molecule is N=Cc1ncc(N2CCCC(c3nnc(-c4cccc(C(F)(F)F)n4)s3)C2)nc1NCC(F)F. The van der Waals surface area contributed by atoms with Crippen LogP contribution in [0.5, 0.6) is 0 Å². The first-order valence-corrected chi connectivity index (χ1v) is 11.1. The highest BCUT2D eigenvalue weighted by molar-refractivity contribution is 7.14. The normalized spacial score (nSPS) is 16.6. The van der Waals surface area contributed by atoms with E-state index in [1.54, 1.807) is 0 Å². The zero-order chi connectivity index (χ0) is 24.3. The van der Waals surface area contributed by atoms with Crippen molar-refractivity contribution in [1.82, 2.24) is 25.1 Å². The fraction of sp³-hybridized carbons (Fsp3) is 0.400. The Morgan fingerprint density at radius 3 is 2.79 bits per heavy atom. The van der Waals surface area contributed by atoms with Gasteiger partial charge in [0.15, 0.2) is 10.8 Å². The van der Waals surface area contributed by atoms with Crippen LogP contribution in [0.2, 0.25) is 0 Å². The number of alkyl halides is 5. The third kappa shape index (κ3) is 5.43. The number of halogens is 5. The molecule has 0 aromatic carbocycles. The average molecular weight is 498 g/mol. The van der Waals surface area contributed by atoms with Crippen LogP contribution in [0.25, 0.3) is 10.7 Å². The number of hydrogen-bond donors (Lipinski definition) is 2. The van der Waals surface area contributed by atoms with Crippen LogP contribution in [0.1, 0.15) is 35.2 Å². The van der Waals surface area contributed by atoms with Gasteiger partial charge in [0.1, 0.15) is 27.9 Å². The molecule has 2 N–H and O–H groups in total. The summed E-state index contributed by atoms with van der Waals surface area (Å²) >= 11 is 1.19. The third-order valence-electron chi connectivity index (χ3n) is 5.14. The Kier molecular flexibility index (Phi) is 6.95. The summed E-state index contributed by atoms with van der Waals surface area (Å²) in [6, 6.07) is 3.64. The van der Waals surface area contributed by atoms with Gasteiger partial charge in [-0.1, -0.05) is 17.4 Å². The van der Waals surface area contributed by atoms with Gasteiger partial charge in [-0.2, -0.15) is 13.2 Å². The molecule has 0 saturated carbocycles. The van der Waals surface area contributed by atoms with Gasteiger partial charge in [0.2, 0.25) is 0 Å². The van der Waals surface area contributed by atoms with Crippen molar-refractivity contribution < 1.29 is 22.0 Å². The van der Waals surface area contributed by atoms with Gasteiger partial charge in [0, 0.05) is 25.2 Å². The quantitative estimate of drug-likeness (QED) is 0.366. The summed E-state index contributed by atoms with van der Waals surface area (Å²) in [6.07, 6.45) is -3.13. The Balaban J connectivity index is 1.52. The number of anilines is 2. The molecule has 4 heterocycles. The van der Waals surface area contributed by atoms with Crippen LogP contribution in [0.4, 0.5) is 33.6 Å². The second kappa shape index (κ2) is 9.91. The Morgan fingerprint density at radius 2 is 2.06 bits per heavy atom. The highest BCUT2D eigenvalue weighted by Gasteiger charge is 2.33. The van der Waals surface area contributed by atoms with Crippen LogP contribution in [0.15, 0.2) is 24.4 Å². The Bertz CT molecular complexity index is 1150. The van der Waals surface area contributed by atoms with Crippen molar-refractivity contribution >= 4 is 29.2 Å². The van der Waals surface area contributed by atoms with E-state index in [-0.39, 0.29) is 23.1 Å². The summed E-state index contributed by atoms with van der Waals surface area (Å²) in [5.41, 5.74) is -0.733. The zero-order valence-electron chi connectivity index (χ0n) is 17.6. The summed E-state index contributed by atoms with van der Waals surface area (Å²) in [7, 11) is 0. The maximum absolute atomic E-state index is 13.0. The van der Waals surface area contributed by atoms with Gasteiger partial charge in [0.05, 0.1) is 12.7 Å². The lowest BCUT2D eigenvalue weighted by Crippen LogP contribution is -2.35. The fourth-order valence-corrected chi connectivity index (χ4v) is 4.49. The molecule has 1 aliphatic heterocycles.